The summed E-state index contributed by atoms with van der Waals surface area (Å²) in [5, 5.41) is 12.0. The molecule has 0 aliphatic rings. The smallest absolute Gasteiger partial charge is 0.286 e. The molecule has 1 amide bonds. The van der Waals surface area contributed by atoms with Crippen molar-refractivity contribution in [3.8, 4) is 11.5 Å². The van der Waals surface area contributed by atoms with Crippen LogP contribution in [0.1, 0.15) is 16.8 Å². The molecular weight excluding hydrogens is 475 g/mol. The second-order valence-electron chi connectivity index (χ2n) is 7.18. The quantitative estimate of drug-likeness (QED) is 0.319. The van der Waals surface area contributed by atoms with Crippen molar-refractivity contribution < 1.29 is 23.6 Å². The van der Waals surface area contributed by atoms with E-state index in [0.717, 1.165) is 17.4 Å². The zero-order valence-corrected chi connectivity index (χ0v) is 20.2. The number of aromatic nitrogens is 1. The Morgan fingerprint density at radius 1 is 1.18 bits per heavy atom. The van der Waals surface area contributed by atoms with Crippen LogP contribution in [0.5, 0.6) is 11.5 Å². The molecule has 1 aromatic heterocycles. The number of para-hydroxylation sites is 1. The van der Waals surface area contributed by atoms with E-state index in [1.54, 1.807) is 12.1 Å². The molecule has 0 aliphatic carbocycles. The topological polar surface area (TPSA) is 98.0 Å². The fraction of sp³-hybridized carbons (Fsp3) is 0.333. The van der Waals surface area contributed by atoms with Crippen LogP contribution in [-0.2, 0) is 0 Å². The van der Waals surface area contributed by atoms with Gasteiger partial charge in [0, 0.05) is 12.6 Å². The molecule has 0 N–H and O–H groups in total. The van der Waals surface area contributed by atoms with Gasteiger partial charge in [0.15, 0.2) is 16.6 Å². The third-order valence-corrected chi connectivity index (χ3v) is 5.79. The fourth-order valence-corrected chi connectivity index (χ4v) is 4.19. The molecule has 0 radical (unpaired) electrons. The molecule has 0 unspecified atom stereocenters. The van der Waals surface area contributed by atoms with Crippen molar-refractivity contribution >= 4 is 50.7 Å². The monoisotopic (exact) mass is 498 g/mol. The number of halogens is 2. The van der Waals surface area contributed by atoms with E-state index in [0.29, 0.717) is 17.7 Å². The molecule has 1 heterocycles. The van der Waals surface area contributed by atoms with Gasteiger partial charge in [-0.3, -0.25) is 19.8 Å². The molecule has 178 valence electrons. The molecular formula is C21H24ClFN4O5S. The van der Waals surface area contributed by atoms with E-state index in [-0.39, 0.29) is 46.7 Å². The molecule has 3 rings (SSSR count). The number of anilines is 1. The third kappa shape index (κ3) is 5.67. The summed E-state index contributed by atoms with van der Waals surface area (Å²) < 4.78 is 25.2. The Balaban J connectivity index is 0.00000385. The molecule has 9 nitrogen and oxygen atoms in total. The maximum absolute atomic E-state index is 14.2. The van der Waals surface area contributed by atoms with Crippen LogP contribution < -0.4 is 14.4 Å². The van der Waals surface area contributed by atoms with E-state index in [9.17, 15) is 19.3 Å². The summed E-state index contributed by atoms with van der Waals surface area (Å²) >= 11 is 1.15. The summed E-state index contributed by atoms with van der Waals surface area (Å²) in [6.45, 7) is 0.918. The van der Waals surface area contributed by atoms with Crippen LogP contribution in [0.3, 0.4) is 0 Å². The van der Waals surface area contributed by atoms with E-state index in [1.807, 2.05) is 19.0 Å². The first-order valence-corrected chi connectivity index (χ1v) is 10.5. The Morgan fingerprint density at radius 2 is 1.85 bits per heavy atom. The number of amides is 1. The second-order valence-corrected chi connectivity index (χ2v) is 8.19. The number of methoxy groups -OCH3 is 2. The molecule has 3 aromatic rings. The molecule has 33 heavy (non-hydrogen) atoms. The molecule has 0 saturated heterocycles. The highest BCUT2D eigenvalue weighted by atomic mass is 35.5. The largest absolute Gasteiger partial charge is 0.493 e. The Kier molecular flexibility index (Phi) is 8.91. The van der Waals surface area contributed by atoms with Crippen molar-refractivity contribution in [3.05, 3.63) is 51.8 Å². The normalized spacial score (nSPS) is 10.7. The number of carbonyl (C=O) groups is 1. The third-order valence-electron chi connectivity index (χ3n) is 4.75. The van der Waals surface area contributed by atoms with E-state index >= 15 is 0 Å². The highest BCUT2D eigenvalue weighted by Crippen LogP contribution is 2.37. The lowest BCUT2D eigenvalue weighted by Gasteiger charge is -2.21. The zero-order chi connectivity index (χ0) is 23.4. The van der Waals surface area contributed by atoms with Gasteiger partial charge in [-0.25, -0.2) is 9.37 Å². The summed E-state index contributed by atoms with van der Waals surface area (Å²) in [6, 6.07) is 7.01. The van der Waals surface area contributed by atoms with Crippen molar-refractivity contribution in [2.45, 2.75) is 6.42 Å². The Hall–Kier alpha value is -3.02. The summed E-state index contributed by atoms with van der Waals surface area (Å²) in [5.74, 6) is -0.805. The number of rotatable bonds is 9. The van der Waals surface area contributed by atoms with Crippen LogP contribution in [0.25, 0.3) is 10.2 Å². The number of thiazole rings is 1. The Bertz CT molecular complexity index is 1160. The van der Waals surface area contributed by atoms with Gasteiger partial charge in [0.1, 0.15) is 16.9 Å². The van der Waals surface area contributed by atoms with Gasteiger partial charge in [0.05, 0.1) is 29.9 Å². The number of hydrogen-bond acceptors (Lipinski definition) is 8. The average Bonchev–Trinajstić information content (AvgIpc) is 3.20. The first-order chi connectivity index (χ1) is 15.3. The number of hydrogen-bond donors (Lipinski definition) is 0. The summed E-state index contributed by atoms with van der Waals surface area (Å²) in [5.41, 5.74) is -0.436. The van der Waals surface area contributed by atoms with Crippen LogP contribution in [0, 0.1) is 15.9 Å². The van der Waals surface area contributed by atoms with Crippen LogP contribution in [0.15, 0.2) is 30.3 Å². The minimum Gasteiger partial charge on any atom is -0.493 e. The van der Waals surface area contributed by atoms with E-state index in [2.05, 4.69) is 4.98 Å². The molecule has 0 atom stereocenters. The van der Waals surface area contributed by atoms with Gasteiger partial charge < -0.3 is 14.4 Å². The van der Waals surface area contributed by atoms with Gasteiger partial charge in [-0.05, 0) is 39.2 Å². The van der Waals surface area contributed by atoms with E-state index < -0.39 is 22.3 Å². The number of nitrogens with zero attached hydrogens (tertiary/aromatic N) is 4. The Morgan fingerprint density at radius 3 is 2.42 bits per heavy atom. The molecule has 12 heteroatoms. The maximum Gasteiger partial charge on any atom is 0.286 e. The number of ether oxygens (including phenoxy) is 2. The average molecular weight is 499 g/mol. The predicted octanol–water partition coefficient (Wildman–Crippen LogP) is 4.38. The first-order valence-electron chi connectivity index (χ1n) is 9.68. The van der Waals surface area contributed by atoms with Crippen molar-refractivity contribution in [2.24, 2.45) is 0 Å². The summed E-state index contributed by atoms with van der Waals surface area (Å²) in [7, 11) is 6.53. The van der Waals surface area contributed by atoms with Gasteiger partial charge in [0.25, 0.3) is 11.6 Å². The van der Waals surface area contributed by atoms with E-state index in [4.69, 9.17) is 9.47 Å². The number of fused-ring (bicyclic) bond motifs is 1. The van der Waals surface area contributed by atoms with Gasteiger partial charge in [-0.2, -0.15) is 0 Å². The lowest BCUT2D eigenvalue weighted by Crippen LogP contribution is -2.34. The molecule has 0 aliphatic heterocycles. The highest BCUT2D eigenvalue weighted by molar-refractivity contribution is 7.22. The van der Waals surface area contributed by atoms with Crippen molar-refractivity contribution in [3.63, 3.8) is 0 Å². The summed E-state index contributed by atoms with van der Waals surface area (Å²) in [4.78, 5) is 32.2. The number of nitro benzene ring substituents is 1. The minimum atomic E-state index is -0.648. The van der Waals surface area contributed by atoms with E-state index in [1.165, 1.54) is 31.3 Å². The minimum absolute atomic E-state index is 0. The van der Waals surface area contributed by atoms with Gasteiger partial charge in [-0.15, -0.1) is 12.4 Å². The predicted molar refractivity (Wildman–Crippen MR) is 128 cm³/mol. The lowest BCUT2D eigenvalue weighted by atomic mass is 10.1. The van der Waals surface area contributed by atoms with Crippen LogP contribution >= 0.6 is 23.7 Å². The SMILES string of the molecule is COc1cc(C(=O)N(CCCN(C)C)c2nc3c(F)cccc3s2)c([N+](=O)[O-])cc1OC.Cl. The molecule has 0 spiro atoms. The Labute approximate surface area is 200 Å². The number of carbonyl (C=O) groups excluding carboxylic acids is 1. The lowest BCUT2D eigenvalue weighted by molar-refractivity contribution is -0.385. The molecule has 0 saturated carbocycles. The second kappa shape index (κ2) is 11.2. The number of nitro groups is 1. The van der Waals surface area contributed by atoms with Crippen molar-refractivity contribution in [1.29, 1.82) is 0 Å². The van der Waals surface area contributed by atoms with Crippen molar-refractivity contribution in [2.75, 3.05) is 46.3 Å². The zero-order valence-electron chi connectivity index (χ0n) is 18.5. The molecule has 2 aromatic carbocycles. The summed E-state index contributed by atoms with van der Waals surface area (Å²) in [6.07, 6.45) is 0.582. The van der Waals surface area contributed by atoms with Crippen molar-refractivity contribution in [1.82, 2.24) is 9.88 Å². The highest BCUT2D eigenvalue weighted by Gasteiger charge is 2.30. The van der Waals surface area contributed by atoms with Crippen LogP contribution in [-0.4, -0.2) is 62.1 Å². The van der Waals surface area contributed by atoms with Gasteiger partial charge in [-0.1, -0.05) is 17.4 Å². The molecule has 0 bridgehead atoms. The maximum atomic E-state index is 14.2. The first kappa shape index (κ1) is 26.2. The van der Waals surface area contributed by atoms with Crippen LogP contribution in [0.2, 0.25) is 0 Å². The fourth-order valence-electron chi connectivity index (χ4n) is 3.18. The van der Waals surface area contributed by atoms with Gasteiger partial charge in [0.2, 0.25) is 0 Å². The molecule has 0 fully saturated rings. The van der Waals surface area contributed by atoms with Gasteiger partial charge >= 0.3 is 0 Å². The van der Waals surface area contributed by atoms with Crippen LogP contribution in [0.4, 0.5) is 15.2 Å². The standard InChI is InChI=1S/C21H23FN4O5S.ClH/c1-24(2)9-6-10-25(21-23-19-14(22)7-5-8-18(19)32-21)20(27)13-11-16(30-3)17(31-4)12-15(13)26(28)29;/h5,7-8,11-12H,6,9-10H2,1-4H3;1H. The number of benzene rings is 2.